The van der Waals surface area contributed by atoms with E-state index in [-0.39, 0.29) is 34.0 Å². The Bertz CT molecular complexity index is 1180. The molecule has 1 aliphatic heterocycles. The summed E-state index contributed by atoms with van der Waals surface area (Å²) in [7, 11) is 0. The van der Waals surface area contributed by atoms with Gasteiger partial charge in [-0.3, -0.25) is 5.32 Å². The molecule has 0 bridgehead atoms. The molecule has 0 radical (unpaired) electrons. The molecule has 2 N–H and O–H groups in total. The van der Waals surface area contributed by atoms with E-state index in [9.17, 15) is 18.0 Å². The molecule has 2 aromatic carbocycles. The van der Waals surface area contributed by atoms with E-state index in [4.69, 9.17) is 26.3 Å². The quantitative estimate of drug-likeness (QED) is 0.212. The number of benzene rings is 2. The molecule has 0 spiro atoms. The van der Waals surface area contributed by atoms with Crippen LogP contribution in [0.25, 0.3) is 11.1 Å². The summed E-state index contributed by atoms with van der Waals surface area (Å²) in [5, 5.41) is 14.0. The second kappa shape index (κ2) is 12.3. The number of alkyl halides is 3. The Hall–Kier alpha value is -2.97. The summed E-state index contributed by atoms with van der Waals surface area (Å²) in [6, 6.07) is 8.74. The van der Waals surface area contributed by atoms with Crippen molar-refractivity contribution in [2.45, 2.75) is 57.0 Å². The van der Waals surface area contributed by atoms with Crippen molar-refractivity contribution in [1.29, 1.82) is 5.26 Å². The van der Waals surface area contributed by atoms with E-state index < -0.39 is 22.8 Å². The van der Waals surface area contributed by atoms with Crippen molar-refractivity contribution in [2.24, 2.45) is 0 Å². The van der Waals surface area contributed by atoms with Gasteiger partial charge in [0, 0.05) is 37.2 Å². The van der Waals surface area contributed by atoms with Crippen molar-refractivity contribution in [3.05, 3.63) is 47.0 Å². The number of carbonyl (C=O) groups is 1. The Kier molecular flexibility index (Phi) is 9.54. The zero-order valence-corrected chi connectivity index (χ0v) is 23.1. The normalized spacial score (nSPS) is 15.4. The number of nitrogens with one attached hydrogen (secondary N) is 2. The lowest BCUT2D eigenvalue weighted by Gasteiger charge is -2.33. The number of ether oxygens (including phenoxy) is 2. The zero-order chi connectivity index (χ0) is 28.1. The third-order valence-corrected chi connectivity index (χ3v) is 6.65. The summed E-state index contributed by atoms with van der Waals surface area (Å²) >= 11 is 7.61. The number of amides is 1. The van der Waals surface area contributed by atoms with Gasteiger partial charge in [-0.05, 0) is 56.9 Å². The average molecular weight is 571 g/mol. The first-order chi connectivity index (χ1) is 17.8. The van der Waals surface area contributed by atoms with Crippen LogP contribution >= 0.6 is 23.4 Å². The molecule has 2 aromatic rings. The van der Waals surface area contributed by atoms with Crippen LogP contribution in [-0.2, 0) is 10.9 Å². The number of thioether (sulfide) groups is 1. The summed E-state index contributed by atoms with van der Waals surface area (Å²) in [5.41, 5.74) is -1.90. The molecule has 12 heteroatoms. The maximum absolute atomic E-state index is 14.1. The molecule has 1 amide bonds. The maximum atomic E-state index is 14.1. The van der Waals surface area contributed by atoms with E-state index in [2.05, 4.69) is 10.6 Å². The fourth-order valence-corrected chi connectivity index (χ4v) is 4.72. The van der Waals surface area contributed by atoms with Crippen LogP contribution in [0.4, 0.5) is 23.7 Å². The van der Waals surface area contributed by atoms with Gasteiger partial charge in [-0.1, -0.05) is 23.7 Å². The lowest BCUT2D eigenvalue weighted by Crippen LogP contribution is -2.44. The number of nitrogens with zero attached hydrogens (tertiary/aromatic N) is 2. The Balaban J connectivity index is 1.79. The average Bonchev–Trinajstić information content (AvgIpc) is 2.82. The molecule has 0 aliphatic carbocycles. The van der Waals surface area contributed by atoms with Crippen LogP contribution in [0.15, 0.2) is 36.4 Å². The maximum Gasteiger partial charge on any atom is 0.417 e. The lowest BCUT2D eigenvalue weighted by molar-refractivity contribution is -0.137. The largest absolute Gasteiger partial charge is 0.490 e. The van der Waals surface area contributed by atoms with Gasteiger partial charge < -0.3 is 19.7 Å². The number of piperidine rings is 1. The van der Waals surface area contributed by atoms with Gasteiger partial charge in [-0.2, -0.15) is 18.4 Å². The highest BCUT2D eigenvalue weighted by Gasteiger charge is 2.36. The SMILES string of the molecule is CSC(NC#N)Nc1cc(Cl)c(-c2cccc(OC3CCN(C(=O)OC(C)(C)C)CC3)c2)c(C(F)(F)F)c1. The first-order valence-electron chi connectivity index (χ1n) is 11.9. The Morgan fingerprint density at radius 1 is 1.21 bits per heavy atom. The van der Waals surface area contributed by atoms with E-state index in [0.29, 0.717) is 31.7 Å². The number of nitriles is 1. The summed E-state index contributed by atoms with van der Waals surface area (Å²) < 4.78 is 53.8. The number of halogens is 4. The van der Waals surface area contributed by atoms with E-state index >= 15 is 0 Å². The van der Waals surface area contributed by atoms with Gasteiger partial charge in [0.25, 0.3) is 0 Å². The Labute approximate surface area is 229 Å². The van der Waals surface area contributed by atoms with Crippen LogP contribution in [-0.4, -0.2) is 47.5 Å². The monoisotopic (exact) mass is 570 g/mol. The van der Waals surface area contributed by atoms with Gasteiger partial charge in [-0.15, -0.1) is 11.8 Å². The highest BCUT2D eigenvalue weighted by atomic mass is 35.5. The molecular weight excluding hydrogens is 541 g/mol. The number of carbonyl (C=O) groups excluding carboxylic acids is 1. The fraction of sp³-hybridized carbons (Fsp3) is 0.462. The van der Waals surface area contributed by atoms with Gasteiger partial charge in [0.1, 0.15) is 17.5 Å². The Morgan fingerprint density at radius 2 is 1.89 bits per heavy atom. The molecule has 206 valence electrons. The molecule has 1 saturated heterocycles. The van der Waals surface area contributed by atoms with E-state index in [0.717, 1.165) is 6.07 Å². The second-order valence-electron chi connectivity index (χ2n) is 9.71. The predicted octanol–water partition coefficient (Wildman–Crippen LogP) is 6.93. The molecule has 38 heavy (non-hydrogen) atoms. The predicted molar refractivity (Wildman–Crippen MR) is 143 cm³/mol. The molecule has 1 heterocycles. The van der Waals surface area contributed by atoms with Crippen LogP contribution in [0, 0.1) is 11.5 Å². The van der Waals surface area contributed by atoms with E-state index in [1.165, 1.54) is 23.9 Å². The van der Waals surface area contributed by atoms with E-state index in [1.54, 1.807) is 56.3 Å². The molecule has 1 aliphatic rings. The third kappa shape index (κ3) is 8.01. The first kappa shape index (κ1) is 29.6. The van der Waals surface area contributed by atoms with Crippen LogP contribution in [0.2, 0.25) is 5.02 Å². The highest BCUT2D eigenvalue weighted by Crippen LogP contribution is 2.43. The smallest absolute Gasteiger partial charge is 0.417 e. The number of hydrogen-bond donors (Lipinski definition) is 2. The molecule has 1 atom stereocenters. The molecular formula is C26H30ClF3N4O3S. The zero-order valence-electron chi connectivity index (χ0n) is 21.5. The number of likely N-dealkylation sites (tertiary alicyclic amines) is 1. The van der Waals surface area contributed by atoms with Crippen molar-refractivity contribution in [2.75, 3.05) is 24.7 Å². The topological polar surface area (TPSA) is 86.6 Å². The van der Waals surface area contributed by atoms with Gasteiger partial charge in [0.05, 0.1) is 10.6 Å². The molecule has 1 fully saturated rings. The molecule has 1 unspecified atom stereocenters. The van der Waals surface area contributed by atoms with Crippen LogP contribution in [0.1, 0.15) is 39.2 Å². The van der Waals surface area contributed by atoms with Crippen molar-refractivity contribution in [3.8, 4) is 23.1 Å². The highest BCUT2D eigenvalue weighted by molar-refractivity contribution is 7.99. The minimum Gasteiger partial charge on any atom is -0.490 e. The van der Waals surface area contributed by atoms with Crippen LogP contribution in [0.3, 0.4) is 0 Å². The van der Waals surface area contributed by atoms with E-state index in [1.807, 2.05) is 0 Å². The Morgan fingerprint density at radius 3 is 2.47 bits per heavy atom. The number of hydrogen-bond acceptors (Lipinski definition) is 7. The molecule has 3 rings (SSSR count). The summed E-state index contributed by atoms with van der Waals surface area (Å²) in [5.74, 6) is 0.408. The minimum absolute atomic E-state index is 0.0954. The molecule has 0 saturated carbocycles. The van der Waals surface area contributed by atoms with Crippen molar-refractivity contribution >= 4 is 35.1 Å². The van der Waals surface area contributed by atoms with Gasteiger partial charge in [-0.25, -0.2) is 4.79 Å². The minimum atomic E-state index is -4.68. The molecule has 7 nitrogen and oxygen atoms in total. The first-order valence-corrected chi connectivity index (χ1v) is 13.6. The molecule has 0 aromatic heterocycles. The van der Waals surface area contributed by atoms with Crippen LogP contribution in [0.5, 0.6) is 5.75 Å². The van der Waals surface area contributed by atoms with Crippen molar-refractivity contribution in [1.82, 2.24) is 10.2 Å². The van der Waals surface area contributed by atoms with Crippen molar-refractivity contribution in [3.63, 3.8) is 0 Å². The second-order valence-corrected chi connectivity index (χ2v) is 11.1. The van der Waals surface area contributed by atoms with Crippen molar-refractivity contribution < 1.29 is 27.4 Å². The number of anilines is 1. The summed E-state index contributed by atoms with van der Waals surface area (Å²) in [6.45, 7) is 6.33. The number of rotatable bonds is 7. The lowest BCUT2D eigenvalue weighted by atomic mass is 9.98. The van der Waals surface area contributed by atoms with Gasteiger partial charge in [0.2, 0.25) is 0 Å². The summed E-state index contributed by atoms with van der Waals surface area (Å²) in [4.78, 5) is 13.9. The van der Waals surface area contributed by atoms with Gasteiger partial charge in [0.15, 0.2) is 11.7 Å². The standard InChI is InChI=1S/C26H30ClF3N4O3S/c1-25(2,3)37-24(35)34-10-8-18(9-11-34)36-19-7-5-6-16(12-19)22-20(26(28,29)30)13-17(14-21(22)27)33-23(38-4)32-15-31/h5-7,12-14,18,23,32-33H,8-11H2,1-4H3. The third-order valence-electron chi connectivity index (χ3n) is 5.64. The summed E-state index contributed by atoms with van der Waals surface area (Å²) in [6.07, 6.45) is -0.672. The fourth-order valence-electron chi connectivity index (χ4n) is 3.97. The van der Waals surface area contributed by atoms with Crippen LogP contribution < -0.4 is 15.4 Å². The van der Waals surface area contributed by atoms with Gasteiger partial charge >= 0.3 is 12.3 Å².